The second-order valence-electron chi connectivity index (χ2n) is 6.36. The molecule has 0 amide bonds. The first-order valence-corrected chi connectivity index (χ1v) is 7.52. The summed E-state index contributed by atoms with van der Waals surface area (Å²) in [6.45, 7) is 7.92. The van der Waals surface area contributed by atoms with Gasteiger partial charge in [-0.15, -0.1) is 0 Å². The van der Waals surface area contributed by atoms with Crippen LogP contribution in [0.3, 0.4) is 0 Å². The fourth-order valence-electron chi connectivity index (χ4n) is 2.17. The standard InChI is InChI=1S/C18H23NO2/c1-5-6-9-13-12-19-17(21-13)15-11-8-7-10-14(15)16(20)18(2,3)4/h7-8,10-12H,5-6,9H2,1-4H3. The minimum absolute atomic E-state index is 0.103. The number of nitrogens with zero attached hydrogens (tertiary/aromatic N) is 1. The van der Waals surface area contributed by atoms with Gasteiger partial charge in [0.05, 0.1) is 6.20 Å². The van der Waals surface area contributed by atoms with Crippen LogP contribution in [0.4, 0.5) is 0 Å². The van der Waals surface area contributed by atoms with Crippen LogP contribution in [0.25, 0.3) is 11.5 Å². The maximum atomic E-state index is 12.6. The van der Waals surface area contributed by atoms with Crippen LogP contribution in [0.5, 0.6) is 0 Å². The maximum absolute atomic E-state index is 12.6. The van der Waals surface area contributed by atoms with Crippen LogP contribution in [0, 0.1) is 5.41 Å². The zero-order valence-electron chi connectivity index (χ0n) is 13.3. The molecule has 0 atom stereocenters. The van der Waals surface area contributed by atoms with Gasteiger partial charge in [-0.05, 0) is 12.5 Å². The topological polar surface area (TPSA) is 43.1 Å². The van der Waals surface area contributed by atoms with Gasteiger partial charge in [0.25, 0.3) is 0 Å². The quantitative estimate of drug-likeness (QED) is 0.733. The normalized spacial score (nSPS) is 11.6. The van der Waals surface area contributed by atoms with Crippen molar-refractivity contribution in [3.05, 3.63) is 41.8 Å². The number of carbonyl (C=O) groups excluding carboxylic acids is 1. The monoisotopic (exact) mass is 285 g/mol. The summed E-state index contributed by atoms with van der Waals surface area (Å²) >= 11 is 0. The summed E-state index contributed by atoms with van der Waals surface area (Å²) in [6.07, 6.45) is 4.86. The molecule has 0 spiro atoms. The number of benzene rings is 1. The van der Waals surface area contributed by atoms with E-state index < -0.39 is 5.41 Å². The van der Waals surface area contributed by atoms with E-state index >= 15 is 0 Å². The molecule has 2 rings (SSSR count). The van der Waals surface area contributed by atoms with E-state index in [0.29, 0.717) is 11.5 Å². The molecule has 112 valence electrons. The molecule has 0 saturated heterocycles. The van der Waals surface area contributed by atoms with E-state index in [9.17, 15) is 4.79 Å². The van der Waals surface area contributed by atoms with Gasteiger partial charge in [-0.25, -0.2) is 4.98 Å². The number of carbonyl (C=O) groups is 1. The fraction of sp³-hybridized carbons (Fsp3) is 0.444. The molecule has 0 saturated carbocycles. The summed E-state index contributed by atoms with van der Waals surface area (Å²) < 4.78 is 5.81. The summed E-state index contributed by atoms with van der Waals surface area (Å²) in [5.41, 5.74) is 1.03. The van der Waals surface area contributed by atoms with Gasteiger partial charge in [0, 0.05) is 23.0 Å². The molecular weight excluding hydrogens is 262 g/mol. The lowest BCUT2D eigenvalue weighted by Crippen LogP contribution is -2.20. The number of ketones is 1. The third kappa shape index (κ3) is 3.60. The summed E-state index contributed by atoms with van der Waals surface area (Å²) in [4.78, 5) is 16.9. The Labute approximate surface area is 126 Å². The molecule has 0 N–H and O–H groups in total. The predicted molar refractivity (Wildman–Crippen MR) is 84.3 cm³/mol. The summed E-state index contributed by atoms with van der Waals surface area (Å²) in [5, 5.41) is 0. The van der Waals surface area contributed by atoms with E-state index in [2.05, 4.69) is 11.9 Å². The molecule has 1 heterocycles. The lowest BCUT2D eigenvalue weighted by molar-refractivity contribution is 0.0859. The van der Waals surface area contributed by atoms with Crippen molar-refractivity contribution in [1.29, 1.82) is 0 Å². The molecule has 0 radical (unpaired) electrons. The Morgan fingerprint density at radius 3 is 2.62 bits per heavy atom. The highest BCUT2D eigenvalue weighted by atomic mass is 16.4. The van der Waals surface area contributed by atoms with Crippen LogP contribution in [0.1, 0.15) is 56.7 Å². The Hall–Kier alpha value is -1.90. The van der Waals surface area contributed by atoms with Gasteiger partial charge in [0.1, 0.15) is 5.76 Å². The van der Waals surface area contributed by atoms with Crippen LogP contribution >= 0.6 is 0 Å². The molecule has 2 aromatic rings. The molecule has 0 aliphatic carbocycles. The van der Waals surface area contributed by atoms with Crippen LogP contribution in [0.15, 0.2) is 34.9 Å². The number of rotatable bonds is 5. The van der Waals surface area contributed by atoms with Crippen LogP contribution in [0.2, 0.25) is 0 Å². The molecule has 1 aromatic heterocycles. The number of unbranched alkanes of at least 4 members (excludes halogenated alkanes) is 1. The number of oxazole rings is 1. The van der Waals surface area contributed by atoms with Gasteiger partial charge in [0.2, 0.25) is 5.89 Å². The van der Waals surface area contributed by atoms with Gasteiger partial charge in [-0.3, -0.25) is 4.79 Å². The Balaban J connectivity index is 2.36. The molecule has 0 unspecified atom stereocenters. The van der Waals surface area contributed by atoms with Gasteiger partial charge in [0.15, 0.2) is 5.78 Å². The SMILES string of the molecule is CCCCc1cnc(-c2ccccc2C(=O)C(C)(C)C)o1. The van der Waals surface area contributed by atoms with Crippen molar-refractivity contribution in [2.24, 2.45) is 5.41 Å². The van der Waals surface area contributed by atoms with Gasteiger partial charge in [-0.1, -0.05) is 52.3 Å². The van der Waals surface area contributed by atoms with Gasteiger partial charge >= 0.3 is 0 Å². The first-order chi connectivity index (χ1) is 9.93. The number of hydrogen-bond acceptors (Lipinski definition) is 3. The largest absolute Gasteiger partial charge is 0.441 e. The van der Waals surface area contributed by atoms with Gasteiger partial charge in [-0.2, -0.15) is 0 Å². The molecular formula is C18H23NO2. The van der Waals surface area contributed by atoms with Crippen LogP contribution in [-0.2, 0) is 6.42 Å². The smallest absolute Gasteiger partial charge is 0.226 e. The fourth-order valence-corrected chi connectivity index (χ4v) is 2.17. The Bertz CT molecular complexity index is 620. The van der Waals surface area contributed by atoms with E-state index in [-0.39, 0.29) is 5.78 Å². The highest BCUT2D eigenvalue weighted by molar-refractivity contribution is 6.04. The Morgan fingerprint density at radius 1 is 1.24 bits per heavy atom. The van der Waals surface area contributed by atoms with Crippen molar-refractivity contribution < 1.29 is 9.21 Å². The second kappa shape index (κ2) is 6.25. The molecule has 3 heteroatoms. The van der Waals surface area contributed by atoms with Crippen LogP contribution < -0.4 is 0 Å². The first kappa shape index (κ1) is 15.5. The highest BCUT2D eigenvalue weighted by Gasteiger charge is 2.26. The minimum Gasteiger partial charge on any atom is -0.441 e. The molecule has 0 aliphatic rings. The number of aromatic nitrogens is 1. The Morgan fingerprint density at radius 2 is 1.95 bits per heavy atom. The summed E-state index contributed by atoms with van der Waals surface area (Å²) in [6, 6.07) is 7.53. The summed E-state index contributed by atoms with van der Waals surface area (Å²) in [7, 11) is 0. The minimum atomic E-state index is -0.423. The molecule has 1 aromatic carbocycles. The molecule has 0 aliphatic heterocycles. The van der Waals surface area contributed by atoms with E-state index in [0.717, 1.165) is 30.6 Å². The molecule has 21 heavy (non-hydrogen) atoms. The number of hydrogen-bond donors (Lipinski definition) is 0. The Kier molecular flexibility index (Phi) is 4.61. The highest BCUT2D eigenvalue weighted by Crippen LogP contribution is 2.29. The molecule has 3 nitrogen and oxygen atoms in total. The van der Waals surface area contributed by atoms with Crippen molar-refractivity contribution >= 4 is 5.78 Å². The van der Waals surface area contributed by atoms with E-state index in [4.69, 9.17) is 4.42 Å². The van der Waals surface area contributed by atoms with Gasteiger partial charge < -0.3 is 4.42 Å². The zero-order chi connectivity index (χ0) is 15.5. The zero-order valence-corrected chi connectivity index (χ0v) is 13.3. The number of Topliss-reactive ketones (excluding diaryl/α,β-unsaturated/α-hetero) is 1. The van der Waals surface area contributed by atoms with Crippen molar-refractivity contribution in [3.63, 3.8) is 0 Å². The lowest BCUT2D eigenvalue weighted by atomic mass is 9.84. The maximum Gasteiger partial charge on any atom is 0.226 e. The molecule has 0 bridgehead atoms. The average molecular weight is 285 g/mol. The number of aryl methyl sites for hydroxylation is 1. The van der Waals surface area contributed by atoms with Crippen molar-refractivity contribution in [2.45, 2.75) is 47.0 Å². The van der Waals surface area contributed by atoms with Crippen molar-refractivity contribution in [3.8, 4) is 11.5 Å². The molecule has 0 fully saturated rings. The summed E-state index contributed by atoms with van der Waals surface area (Å²) in [5.74, 6) is 1.52. The van der Waals surface area contributed by atoms with E-state index in [1.165, 1.54) is 0 Å². The first-order valence-electron chi connectivity index (χ1n) is 7.52. The predicted octanol–water partition coefficient (Wildman–Crippen LogP) is 4.91. The second-order valence-corrected chi connectivity index (χ2v) is 6.36. The van der Waals surface area contributed by atoms with Crippen molar-refractivity contribution in [1.82, 2.24) is 4.98 Å². The van der Waals surface area contributed by atoms with Crippen molar-refractivity contribution in [2.75, 3.05) is 0 Å². The lowest BCUT2D eigenvalue weighted by Gasteiger charge is -2.18. The van der Waals surface area contributed by atoms with E-state index in [1.807, 2.05) is 45.0 Å². The van der Waals surface area contributed by atoms with Crippen LogP contribution in [-0.4, -0.2) is 10.8 Å². The van der Waals surface area contributed by atoms with E-state index in [1.54, 1.807) is 6.20 Å². The third-order valence-electron chi connectivity index (χ3n) is 3.41. The third-order valence-corrected chi connectivity index (χ3v) is 3.41. The average Bonchev–Trinajstić information content (AvgIpc) is 2.92.